The van der Waals surface area contributed by atoms with Gasteiger partial charge in [-0.15, -0.1) is 0 Å². The molecule has 1 heterocycles. The Labute approximate surface area is 79.0 Å². The fraction of sp³-hybridized carbons (Fsp3) is 0.857. The molecule has 14 heavy (non-hydrogen) atoms. The number of hydrogen-bond donors (Lipinski definition) is 0. The summed E-state index contributed by atoms with van der Waals surface area (Å²) in [5.74, 6) is 0. The Kier molecular flexibility index (Phi) is 3.17. The highest BCUT2D eigenvalue weighted by molar-refractivity contribution is 5.56. The van der Waals surface area contributed by atoms with Crippen molar-refractivity contribution in [3.05, 3.63) is 0 Å². The van der Waals surface area contributed by atoms with E-state index in [-0.39, 0.29) is 13.0 Å². The third-order valence-corrected chi connectivity index (χ3v) is 1.86. The van der Waals surface area contributed by atoms with Crippen molar-refractivity contribution in [2.24, 2.45) is 5.10 Å². The Morgan fingerprint density at radius 3 is 2.57 bits per heavy atom. The molecule has 0 aromatic heterocycles. The minimum Gasteiger partial charge on any atom is -0.335 e. The molecule has 1 aliphatic rings. The summed E-state index contributed by atoms with van der Waals surface area (Å²) in [5, 5.41) is 4.40. The molecule has 0 aromatic rings. The Balaban J connectivity index is 2.62. The lowest BCUT2D eigenvalue weighted by atomic mass is 10.4. The third-order valence-electron chi connectivity index (χ3n) is 1.86. The summed E-state index contributed by atoms with van der Waals surface area (Å²) in [5.41, 5.74) is 0. The van der Waals surface area contributed by atoms with Crippen LogP contribution < -0.4 is 0 Å². The van der Waals surface area contributed by atoms with Crippen LogP contribution in [0, 0.1) is 0 Å². The predicted octanol–water partition coefficient (Wildman–Crippen LogP) is 1.43. The van der Waals surface area contributed by atoms with Crippen molar-refractivity contribution in [2.75, 3.05) is 20.3 Å². The number of halogens is 4. The first-order valence-electron chi connectivity index (χ1n) is 4.12. The van der Waals surface area contributed by atoms with E-state index in [1.165, 1.54) is 7.05 Å². The van der Waals surface area contributed by atoms with Crippen LogP contribution in [0.25, 0.3) is 0 Å². The third kappa shape index (κ3) is 2.27. The molecule has 0 aromatic carbocycles. The van der Waals surface area contributed by atoms with Crippen molar-refractivity contribution < 1.29 is 17.6 Å². The van der Waals surface area contributed by atoms with Gasteiger partial charge in [-0.2, -0.15) is 18.3 Å². The van der Waals surface area contributed by atoms with E-state index in [0.29, 0.717) is 0 Å². The minimum atomic E-state index is -4.37. The topological polar surface area (TPSA) is 18.8 Å². The predicted molar refractivity (Wildman–Crippen MR) is 43.4 cm³/mol. The molecule has 0 bridgehead atoms. The Morgan fingerprint density at radius 1 is 1.43 bits per heavy atom. The van der Waals surface area contributed by atoms with Gasteiger partial charge < -0.3 is 4.90 Å². The van der Waals surface area contributed by atoms with Crippen molar-refractivity contribution in [2.45, 2.75) is 18.8 Å². The lowest BCUT2D eigenvalue weighted by Crippen LogP contribution is -2.48. The maximum absolute atomic E-state index is 12.4. The molecule has 3 nitrogen and oxygen atoms in total. The summed E-state index contributed by atoms with van der Waals surface area (Å²) in [4.78, 5) is 0.957. The molecule has 1 unspecified atom stereocenters. The van der Waals surface area contributed by atoms with E-state index in [4.69, 9.17) is 0 Å². The van der Waals surface area contributed by atoms with Gasteiger partial charge in [-0.05, 0) is 6.42 Å². The molecule has 0 N–H and O–H groups in total. The summed E-state index contributed by atoms with van der Waals surface area (Å²) >= 11 is 0. The van der Waals surface area contributed by atoms with Gasteiger partial charge in [0.1, 0.15) is 6.34 Å². The number of hydrogen-bond acceptors (Lipinski definition) is 3. The van der Waals surface area contributed by atoms with Gasteiger partial charge in [0.05, 0.1) is 6.67 Å². The van der Waals surface area contributed by atoms with E-state index in [1.807, 2.05) is 0 Å². The highest BCUT2D eigenvalue weighted by Gasteiger charge is 2.48. The average Bonchev–Trinajstić information content (AvgIpc) is 2.42. The first-order valence-corrected chi connectivity index (χ1v) is 4.12. The van der Waals surface area contributed by atoms with E-state index in [0.717, 1.165) is 16.2 Å². The van der Waals surface area contributed by atoms with Crippen LogP contribution in [0.3, 0.4) is 0 Å². The molecule has 7 heteroatoms. The Bertz CT molecular complexity index is 215. The molecule has 0 amide bonds. The van der Waals surface area contributed by atoms with Gasteiger partial charge >= 0.3 is 6.18 Å². The molecule has 1 aliphatic heterocycles. The molecule has 0 radical (unpaired) electrons. The first kappa shape index (κ1) is 11.1. The van der Waals surface area contributed by atoms with E-state index in [9.17, 15) is 17.6 Å². The molecule has 0 fully saturated rings. The van der Waals surface area contributed by atoms with Crippen LogP contribution in [0.15, 0.2) is 5.10 Å². The van der Waals surface area contributed by atoms with Crippen LogP contribution in [0.5, 0.6) is 0 Å². The molecular weight excluding hydrogens is 202 g/mol. The van der Waals surface area contributed by atoms with Gasteiger partial charge in [0.2, 0.25) is 6.17 Å². The standard InChI is InChI=1S/C7H11F4N3/c1-13-5-12-14(4-2-3-8)6(13)7(9,10)11/h5-6H,2-4H2,1H3. The second-order valence-electron chi connectivity index (χ2n) is 3.02. The number of hydrazone groups is 1. The zero-order chi connectivity index (χ0) is 10.8. The minimum absolute atomic E-state index is 0.0263. The fourth-order valence-electron chi connectivity index (χ4n) is 1.29. The summed E-state index contributed by atoms with van der Waals surface area (Å²) in [6, 6.07) is 0. The highest BCUT2D eigenvalue weighted by Crippen LogP contribution is 2.29. The van der Waals surface area contributed by atoms with Crippen molar-refractivity contribution in [3.8, 4) is 0 Å². The van der Waals surface area contributed by atoms with E-state index >= 15 is 0 Å². The number of alkyl halides is 4. The smallest absolute Gasteiger partial charge is 0.335 e. The summed E-state index contributed by atoms with van der Waals surface area (Å²) in [6.07, 6.45) is -4.98. The average molecular weight is 213 g/mol. The van der Waals surface area contributed by atoms with Gasteiger partial charge in [-0.1, -0.05) is 0 Å². The molecule has 0 aliphatic carbocycles. The second kappa shape index (κ2) is 4.02. The van der Waals surface area contributed by atoms with Crippen LogP contribution in [0.1, 0.15) is 6.42 Å². The molecule has 0 spiro atoms. The van der Waals surface area contributed by atoms with Crippen molar-refractivity contribution in [1.29, 1.82) is 0 Å². The zero-order valence-electron chi connectivity index (χ0n) is 7.63. The maximum Gasteiger partial charge on any atom is 0.429 e. The van der Waals surface area contributed by atoms with Crippen LogP contribution in [0.4, 0.5) is 17.6 Å². The second-order valence-corrected chi connectivity index (χ2v) is 3.02. The van der Waals surface area contributed by atoms with Crippen molar-refractivity contribution in [3.63, 3.8) is 0 Å². The summed E-state index contributed by atoms with van der Waals surface area (Å²) < 4.78 is 49.1. The Morgan fingerprint density at radius 2 is 2.07 bits per heavy atom. The molecule has 0 saturated carbocycles. The number of rotatable bonds is 3. The fourth-order valence-corrected chi connectivity index (χ4v) is 1.29. The first-order chi connectivity index (χ1) is 6.46. The highest BCUT2D eigenvalue weighted by atomic mass is 19.4. The lowest BCUT2D eigenvalue weighted by molar-refractivity contribution is -0.204. The maximum atomic E-state index is 12.4. The van der Waals surface area contributed by atoms with Crippen LogP contribution in [0.2, 0.25) is 0 Å². The quantitative estimate of drug-likeness (QED) is 0.660. The molecule has 82 valence electrons. The summed E-state index contributed by atoms with van der Waals surface area (Å²) in [7, 11) is 1.29. The molecule has 1 atom stereocenters. The van der Waals surface area contributed by atoms with Gasteiger partial charge in [0.25, 0.3) is 0 Å². The SMILES string of the molecule is CN1C=NN(CCCF)C1C(F)(F)F. The van der Waals surface area contributed by atoms with Crippen LogP contribution in [-0.4, -0.2) is 48.9 Å². The zero-order valence-corrected chi connectivity index (χ0v) is 7.63. The molecule has 1 rings (SSSR count). The van der Waals surface area contributed by atoms with Crippen molar-refractivity contribution >= 4 is 6.34 Å². The van der Waals surface area contributed by atoms with E-state index in [1.54, 1.807) is 0 Å². The van der Waals surface area contributed by atoms with E-state index < -0.39 is 19.0 Å². The van der Waals surface area contributed by atoms with Gasteiger partial charge in [0, 0.05) is 13.6 Å². The van der Waals surface area contributed by atoms with Gasteiger partial charge in [-0.25, -0.2) is 0 Å². The summed E-state index contributed by atoms with van der Waals surface area (Å²) in [6.45, 7) is -0.665. The van der Waals surface area contributed by atoms with Crippen LogP contribution >= 0.6 is 0 Å². The van der Waals surface area contributed by atoms with Gasteiger partial charge in [0.15, 0.2) is 0 Å². The van der Waals surface area contributed by atoms with Gasteiger partial charge in [-0.3, -0.25) is 9.40 Å². The Hall–Kier alpha value is -1.01. The molecular formula is C7H11F4N3. The molecule has 0 saturated heterocycles. The normalized spacial score (nSPS) is 22.2. The number of nitrogens with zero attached hydrogens (tertiary/aromatic N) is 3. The van der Waals surface area contributed by atoms with Crippen molar-refractivity contribution in [1.82, 2.24) is 9.91 Å². The largest absolute Gasteiger partial charge is 0.429 e. The lowest BCUT2D eigenvalue weighted by Gasteiger charge is -2.29. The van der Waals surface area contributed by atoms with E-state index in [2.05, 4.69) is 5.10 Å². The van der Waals surface area contributed by atoms with Crippen LogP contribution in [-0.2, 0) is 0 Å². The monoisotopic (exact) mass is 213 g/mol.